The van der Waals surface area contributed by atoms with Gasteiger partial charge < -0.3 is 0 Å². The minimum absolute atomic E-state index is 0.0426. The molecule has 0 atom stereocenters. The van der Waals surface area contributed by atoms with Crippen molar-refractivity contribution in [3.05, 3.63) is 53.1 Å². The van der Waals surface area contributed by atoms with E-state index in [1.165, 1.54) is 16.3 Å². The third-order valence-electron chi connectivity index (χ3n) is 3.88. The number of carbonyl (C=O) groups is 1. The molecule has 3 rings (SSSR count). The molecular formula is C18H20N2O. The maximum Gasteiger partial charge on any atom is 0.262 e. The highest BCUT2D eigenvalue weighted by molar-refractivity contribution is 6.02. The van der Waals surface area contributed by atoms with Crippen molar-refractivity contribution in [2.45, 2.75) is 26.2 Å². The molecule has 0 spiro atoms. The smallest absolute Gasteiger partial charge is 0.262 e. The molecule has 0 radical (unpaired) electrons. The summed E-state index contributed by atoms with van der Waals surface area (Å²) in [4.78, 5) is 11.7. The monoisotopic (exact) mass is 280 g/mol. The number of nitrogens with one attached hydrogen (secondary N) is 2. The molecule has 3 heteroatoms. The van der Waals surface area contributed by atoms with Crippen LogP contribution in [0.25, 0.3) is 16.8 Å². The van der Waals surface area contributed by atoms with E-state index in [0.29, 0.717) is 6.54 Å². The first-order valence-corrected chi connectivity index (χ1v) is 7.22. The number of fused-ring (bicyclic) bond motifs is 1. The molecule has 1 aliphatic rings. The van der Waals surface area contributed by atoms with Crippen LogP contribution in [0.2, 0.25) is 0 Å². The zero-order chi connectivity index (χ0) is 15.0. The second-order valence-electron chi connectivity index (χ2n) is 6.51. The maximum atomic E-state index is 11.7. The van der Waals surface area contributed by atoms with Crippen molar-refractivity contribution < 1.29 is 4.79 Å². The molecule has 1 heterocycles. The Bertz CT molecular complexity index is 738. The first-order chi connectivity index (χ1) is 9.95. The van der Waals surface area contributed by atoms with Gasteiger partial charge >= 0.3 is 0 Å². The quantitative estimate of drug-likeness (QED) is 0.788. The fraction of sp³-hybridized carbons (Fsp3) is 0.278. The molecule has 0 aliphatic carbocycles. The lowest BCUT2D eigenvalue weighted by Gasteiger charge is -2.20. The summed E-state index contributed by atoms with van der Waals surface area (Å²) in [5, 5.41) is 2.39. The van der Waals surface area contributed by atoms with Gasteiger partial charge in [-0.2, -0.15) is 0 Å². The molecular weight excluding hydrogens is 260 g/mol. The van der Waals surface area contributed by atoms with E-state index in [4.69, 9.17) is 0 Å². The lowest BCUT2D eigenvalue weighted by atomic mass is 9.85. The first kappa shape index (κ1) is 13.8. The number of hydrogen-bond acceptors (Lipinski definition) is 2. The van der Waals surface area contributed by atoms with Crippen LogP contribution in [0.15, 0.2) is 42.0 Å². The van der Waals surface area contributed by atoms with Gasteiger partial charge in [0, 0.05) is 12.1 Å². The zero-order valence-corrected chi connectivity index (χ0v) is 12.7. The minimum Gasteiger partial charge on any atom is -0.287 e. The van der Waals surface area contributed by atoms with Crippen LogP contribution in [-0.2, 0) is 10.2 Å². The van der Waals surface area contributed by atoms with Gasteiger partial charge in [0.25, 0.3) is 5.91 Å². The van der Waals surface area contributed by atoms with Gasteiger partial charge in [0.2, 0.25) is 0 Å². The van der Waals surface area contributed by atoms with Crippen LogP contribution in [0.1, 0.15) is 31.9 Å². The summed E-state index contributed by atoms with van der Waals surface area (Å²) < 4.78 is 0. The van der Waals surface area contributed by atoms with Gasteiger partial charge in [-0.15, -0.1) is 0 Å². The van der Waals surface area contributed by atoms with E-state index in [9.17, 15) is 4.79 Å². The van der Waals surface area contributed by atoms with Gasteiger partial charge in [0.15, 0.2) is 0 Å². The number of hydrogen-bond donors (Lipinski definition) is 2. The van der Waals surface area contributed by atoms with Crippen molar-refractivity contribution in [3.8, 4) is 0 Å². The number of rotatable bonds is 1. The van der Waals surface area contributed by atoms with Crippen LogP contribution in [-0.4, -0.2) is 12.5 Å². The lowest BCUT2D eigenvalue weighted by Crippen LogP contribution is -2.25. The topological polar surface area (TPSA) is 41.1 Å². The molecule has 0 saturated carbocycles. The van der Waals surface area contributed by atoms with E-state index >= 15 is 0 Å². The van der Waals surface area contributed by atoms with E-state index in [-0.39, 0.29) is 11.3 Å². The van der Waals surface area contributed by atoms with Crippen LogP contribution < -0.4 is 10.9 Å². The van der Waals surface area contributed by atoms with E-state index in [1.54, 1.807) is 0 Å². The number of amides is 1. The van der Waals surface area contributed by atoms with Crippen LogP contribution in [0, 0.1) is 0 Å². The fourth-order valence-corrected chi connectivity index (χ4v) is 2.57. The molecule has 3 nitrogen and oxygen atoms in total. The molecule has 1 saturated heterocycles. The van der Waals surface area contributed by atoms with Gasteiger partial charge in [-0.3, -0.25) is 10.2 Å². The molecule has 21 heavy (non-hydrogen) atoms. The lowest BCUT2D eigenvalue weighted by molar-refractivity contribution is -0.116. The van der Waals surface area contributed by atoms with Gasteiger partial charge in [-0.1, -0.05) is 57.2 Å². The second kappa shape index (κ2) is 5.01. The molecule has 0 bridgehead atoms. The highest BCUT2D eigenvalue weighted by atomic mass is 16.2. The minimum atomic E-state index is -0.0426. The average Bonchev–Trinajstić information content (AvgIpc) is 2.83. The summed E-state index contributed by atoms with van der Waals surface area (Å²) in [5.74, 6) is -0.0426. The summed E-state index contributed by atoms with van der Waals surface area (Å²) in [6, 6.07) is 12.8. The van der Waals surface area contributed by atoms with Crippen LogP contribution in [0.5, 0.6) is 0 Å². The predicted molar refractivity (Wildman–Crippen MR) is 86.8 cm³/mol. The van der Waals surface area contributed by atoms with Gasteiger partial charge in [0.05, 0.1) is 0 Å². The summed E-state index contributed by atoms with van der Waals surface area (Å²) in [6.07, 6.45) is 1.98. The second-order valence-corrected chi connectivity index (χ2v) is 6.51. The first-order valence-electron chi connectivity index (χ1n) is 7.22. The summed E-state index contributed by atoms with van der Waals surface area (Å²) in [7, 11) is 0. The molecule has 1 aliphatic heterocycles. The van der Waals surface area contributed by atoms with Gasteiger partial charge in [-0.05, 0) is 33.4 Å². The fourth-order valence-electron chi connectivity index (χ4n) is 2.57. The molecule has 108 valence electrons. The SMILES string of the molecule is CC(C)(C)c1ccc2cccc(/C=C3\CNNC3=O)c2c1. The van der Waals surface area contributed by atoms with E-state index < -0.39 is 0 Å². The van der Waals surface area contributed by atoms with Crippen LogP contribution in [0.3, 0.4) is 0 Å². The Hall–Kier alpha value is -2.13. The summed E-state index contributed by atoms with van der Waals surface area (Å²) in [5.41, 5.74) is 8.74. The number of carbonyl (C=O) groups excluding carboxylic acids is 1. The molecule has 0 unspecified atom stereocenters. The van der Waals surface area contributed by atoms with Crippen molar-refractivity contribution in [1.82, 2.24) is 10.9 Å². The van der Waals surface area contributed by atoms with E-state index in [2.05, 4.69) is 62.0 Å². The standard InChI is InChI=1S/C18H20N2O/c1-18(2,3)15-8-7-12-5-4-6-13(16(12)10-15)9-14-11-19-20-17(14)21/h4-10,19H,11H2,1-3H3,(H,20,21)/b14-9+. The Morgan fingerprint density at radius 3 is 2.62 bits per heavy atom. The highest BCUT2D eigenvalue weighted by Crippen LogP contribution is 2.28. The molecule has 1 amide bonds. The third-order valence-corrected chi connectivity index (χ3v) is 3.88. The zero-order valence-electron chi connectivity index (χ0n) is 12.7. The van der Waals surface area contributed by atoms with Gasteiger partial charge in [-0.25, -0.2) is 5.43 Å². The Morgan fingerprint density at radius 1 is 1.14 bits per heavy atom. The van der Waals surface area contributed by atoms with Crippen molar-refractivity contribution in [3.63, 3.8) is 0 Å². The van der Waals surface area contributed by atoms with Crippen molar-refractivity contribution >= 4 is 22.8 Å². The van der Waals surface area contributed by atoms with E-state index in [1.807, 2.05) is 12.1 Å². The number of benzene rings is 2. The van der Waals surface area contributed by atoms with Crippen molar-refractivity contribution in [2.75, 3.05) is 6.54 Å². The molecule has 2 N–H and O–H groups in total. The largest absolute Gasteiger partial charge is 0.287 e. The highest BCUT2D eigenvalue weighted by Gasteiger charge is 2.17. The Balaban J connectivity index is 2.16. The van der Waals surface area contributed by atoms with Gasteiger partial charge in [0.1, 0.15) is 0 Å². The normalized spacial score (nSPS) is 17.5. The van der Waals surface area contributed by atoms with Crippen LogP contribution in [0.4, 0.5) is 0 Å². The Kier molecular flexibility index (Phi) is 3.30. The van der Waals surface area contributed by atoms with Crippen molar-refractivity contribution in [2.24, 2.45) is 0 Å². The third kappa shape index (κ3) is 2.69. The van der Waals surface area contributed by atoms with Crippen molar-refractivity contribution in [1.29, 1.82) is 0 Å². The molecule has 1 fully saturated rings. The summed E-state index contributed by atoms with van der Waals surface area (Å²) >= 11 is 0. The maximum absolute atomic E-state index is 11.7. The Labute approximate surface area is 125 Å². The molecule has 2 aromatic rings. The number of hydrazine groups is 1. The molecule has 2 aromatic carbocycles. The average molecular weight is 280 g/mol. The van der Waals surface area contributed by atoms with Crippen LogP contribution >= 0.6 is 0 Å². The Morgan fingerprint density at radius 2 is 1.95 bits per heavy atom. The summed E-state index contributed by atoms with van der Waals surface area (Å²) in [6.45, 7) is 7.20. The predicted octanol–water partition coefficient (Wildman–Crippen LogP) is 3.16. The molecule has 0 aromatic heterocycles. The van der Waals surface area contributed by atoms with E-state index in [0.717, 1.165) is 11.1 Å².